The molecule has 4 nitrogen and oxygen atoms in total. The Bertz CT molecular complexity index is 488. The van der Waals surface area contributed by atoms with Gasteiger partial charge >= 0.3 is 0 Å². The van der Waals surface area contributed by atoms with E-state index in [-0.39, 0.29) is 5.91 Å². The summed E-state index contributed by atoms with van der Waals surface area (Å²) in [5.41, 5.74) is 0.522. The molecule has 0 N–H and O–H groups in total. The highest BCUT2D eigenvalue weighted by atomic mass is 35.5. The van der Waals surface area contributed by atoms with Crippen LogP contribution in [0.5, 0.6) is 0 Å². The van der Waals surface area contributed by atoms with Gasteiger partial charge in [0.2, 0.25) is 0 Å². The number of piperidine rings is 1. The van der Waals surface area contributed by atoms with E-state index >= 15 is 0 Å². The first kappa shape index (κ1) is 13.8. The average molecular weight is 294 g/mol. The number of aromatic nitrogens is 1. The third-order valence-corrected chi connectivity index (χ3v) is 4.65. The van der Waals surface area contributed by atoms with Gasteiger partial charge in [-0.2, -0.15) is 0 Å². The van der Waals surface area contributed by atoms with Gasteiger partial charge in [0.05, 0.1) is 5.56 Å². The van der Waals surface area contributed by atoms with E-state index in [2.05, 4.69) is 9.88 Å². The summed E-state index contributed by atoms with van der Waals surface area (Å²) < 4.78 is 0. The third-order valence-electron chi connectivity index (χ3n) is 4.35. The monoisotopic (exact) mass is 293 g/mol. The molecule has 5 heteroatoms. The highest BCUT2D eigenvalue weighted by Crippen LogP contribution is 2.23. The topological polar surface area (TPSA) is 36.4 Å². The number of halogens is 1. The molecule has 108 valence electrons. The number of hydrogen-bond donors (Lipinski definition) is 0. The second-order valence-electron chi connectivity index (χ2n) is 5.63. The molecule has 1 unspecified atom stereocenters. The fraction of sp³-hybridized carbons (Fsp3) is 0.600. The number of hydrogen-bond acceptors (Lipinski definition) is 3. The molecule has 2 aliphatic heterocycles. The number of carbonyl (C=O) groups excluding carboxylic acids is 1. The van der Waals surface area contributed by atoms with Gasteiger partial charge in [0, 0.05) is 25.3 Å². The van der Waals surface area contributed by atoms with E-state index in [9.17, 15) is 4.79 Å². The fourth-order valence-electron chi connectivity index (χ4n) is 3.22. The van der Waals surface area contributed by atoms with Crippen LogP contribution in [-0.2, 0) is 0 Å². The van der Waals surface area contributed by atoms with Crippen molar-refractivity contribution in [2.75, 3.05) is 26.2 Å². The lowest BCUT2D eigenvalue weighted by Crippen LogP contribution is -2.41. The molecule has 0 spiro atoms. The molecule has 0 bridgehead atoms. The SMILES string of the molecule is O=C(c1cccnc1Cl)N1CCC(N2CCCCC2)C1. The van der Waals surface area contributed by atoms with Gasteiger partial charge in [-0.15, -0.1) is 0 Å². The lowest BCUT2D eigenvalue weighted by molar-refractivity contribution is 0.0771. The molecule has 0 saturated carbocycles. The van der Waals surface area contributed by atoms with E-state index in [1.165, 1.54) is 32.4 Å². The first-order valence-corrected chi connectivity index (χ1v) is 7.77. The van der Waals surface area contributed by atoms with Crippen LogP contribution in [0.15, 0.2) is 18.3 Å². The molecule has 0 aliphatic carbocycles. The van der Waals surface area contributed by atoms with Crippen molar-refractivity contribution in [3.63, 3.8) is 0 Å². The standard InChI is InChI=1S/C15H20ClN3O/c16-14-13(5-4-7-17-14)15(20)19-10-6-12(11-19)18-8-2-1-3-9-18/h4-5,7,12H,1-3,6,8-11H2. The minimum absolute atomic E-state index is 0.0163. The first-order chi connectivity index (χ1) is 9.75. The molecule has 3 heterocycles. The summed E-state index contributed by atoms with van der Waals surface area (Å²) in [5, 5.41) is 0.305. The Morgan fingerprint density at radius 3 is 2.80 bits per heavy atom. The van der Waals surface area contributed by atoms with Crippen molar-refractivity contribution in [1.29, 1.82) is 0 Å². The summed E-state index contributed by atoms with van der Waals surface area (Å²) in [5.74, 6) is 0.0163. The fourth-order valence-corrected chi connectivity index (χ4v) is 3.42. The molecule has 3 rings (SSSR count). The molecule has 2 saturated heterocycles. The predicted molar refractivity (Wildman–Crippen MR) is 79.0 cm³/mol. The molecule has 20 heavy (non-hydrogen) atoms. The summed E-state index contributed by atoms with van der Waals surface area (Å²) in [6, 6.07) is 4.04. The number of nitrogens with zero attached hydrogens (tertiary/aromatic N) is 3. The Morgan fingerprint density at radius 1 is 1.25 bits per heavy atom. The van der Waals surface area contributed by atoms with E-state index < -0.39 is 0 Å². The van der Waals surface area contributed by atoms with Crippen LogP contribution in [0.3, 0.4) is 0 Å². The van der Waals surface area contributed by atoms with Crippen molar-refractivity contribution >= 4 is 17.5 Å². The smallest absolute Gasteiger partial charge is 0.257 e. The van der Waals surface area contributed by atoms with Gasteiger partial charge in [-0.3, -0.25) is 9.69 Å². The minimum Gasteiger partial charge on any atom is -0.337 e. The first-order valence-electron chi connectivity index (χ1n) is 7.39. The summed E-state index contributed by atoms with van der Waals surface area (Å²) in [7, 11) is 0. The van der Waals surface area contributed by atoms with Crippen LogP contribution in [0.2, 0.25) is 5.15 Å². The van der Waals surface area contributed by atoms with Crippen molar-refractivity contribution in [2.45, 2.75) is 31.7 Å². The molecule has 2 fully saturated rings. The van der Waals surface area contributed by atoms with Gasteiger partial charge in [0.25, 0.3) is 5.91 Å². The van der Waals surface area contributed by atoms with E-state index in [4.69, 9.17) is 11.6 Å². The van der Waals surface area contributed by atoms with Gasteiger partial charge in [0.15, 0.2) is 0 Å². The number of pyridine rings is 1. The maximum absolute atomic E-state index is 12.5. The number of likely N-dealkylation sites (tertiary alicyclic amines) is 2. The van der Waals surface area contributed by atoms with Gasteiger partial charge in [0.1, 0.15) is 5.15 Å². The highest BCUT2D eigenvalue weighted by Gasteiger charge is 2.31. The molecular weight excluding hydrogens is 274 g/mol. The van der Waals surface area contributed by atoms with Crippen molar-refractivity contribution < 1.29 is 4.79 Å². The quantitative estimate of drug-likeness (QED) is 0.786. The van der Waals surface area contributed by atoms with E-state index in [0.717, 1.165) is 19.5 Å². The van der Waals surface area contributed by atoms with Crippen LogP contribution in [-0.4, -0.2) is 52.9 Å². The maximum atomic E-state index is 12.5. The van der Waals surface area contributed by atoms with Crippen molar-refractivity contribution in [3.05, 3.63) is 29.0 Å². The van der Waals surface area contributed by atoms with Gasteiger partial charge in [-0.25, -0.2) is 4.98 Å². The van der Waals surface area contributed by atoms with Crippen LogP contribution in [0, 0.1) is 0 Å². The Hall–Kier alpha value is -1.13. The normalized spacial score (nSPS) is 24.1. The van der Waals surface area contributed by atoms with Crippen molar-refractivity contribution in [2.24, 2.45) is 0 Å². The summed E-state index contributed by atoms with van der Waals surface area (Å²) in [4.78, 5) is 20.9. The highest BCUT2D eigenvalue weighted by molar-refractivity contribution is 6.32. The predicted octanol–water partition coefficient (Wildman–Crippen LogP) is 2.44. The summed E-state index contributed by atoms with van der Waals surface area (Å²) in [6.45, 7) is 4.01. The summed E-state index contributed by atoms with van der Waals surface area (Å²) in [6.07, 6.45) is 6.61. The van der Waals surface area contributed by atoms with Crippen molar-refractivity contribution in [3.8, 4) is 0 Å². The molecular formula is C15H20ClN3O. The zero-order chi connectivity index (χ0) is 13.9. The zero-order valence-electron chi connectivity index (χ0n) is 11.6. The molecule has 1 atom stereocenters. The lowest BCUT2D eigenvalue weighted by Gasteiger charge is -2.32. The molecule has 0 radical (unpaired) electrons. The van der Waals surface area contributed by atoms with Crippen LogP contribution >= 0.6 is 11.6 Å². The number of carbonyl (C=O) groups is 1. The second-order valence-corrected chi connectivity index (χ2v) is 5.99. The van der Waals surface area contributed by atoms with Crippen LogP contribution in [0.25, 0.3) is 0 Å². The summed E-state index contributed by atoms with van der Waals surface area (Å²) >= 11 is 6.01. The Balaban J connectivity index is 1.65. The van der Waals surface area contributed by atoms with E-state index in [1.807, 2.05) is 4.90 Å². The second kappa shape index (κ2) is 6.10. The lowest BCUT2D eigenvalue weighted by atomic mass is 10.1. The van der Waals surface area contributed by atoms with Gasteiger partial charge < -0.3 is 4.90 Å². The number of rotatable bonds is 2. The molecule has 2 aliphatic rings. The van der Waals surface area contributed by atoms with Crippen LogP contribution in [0.4, 0.5) is 0 Å². The van der Waals surface area contributed by atoms with Gasteiger partial charge in [-0.1, -0.05) is 18.0 Å². The van der Waals surface area contributed by atoms with E-state index in [0.29, 0.717) is 16.8 Å². The van der Waals surface area contributed by atoms with Crippen LogP contribution < -0.4 is 0 Å². The third kappa shape index (κ3) is 2.81. The molecule has 1 amide bonds. The largest absolute Gasteiger partial charge is 0.337 e. The minimum atomic E-state index is 0.0163. The van der Waals surface area contributed by atoms with Gasteiger partial charge in [-0.05, 0) is 44.5 Å². The maximum Gasteiger partial charge on any atom is 0.257 e. The average Bonchev–Trinajstić information content (AvgIpc) is 2.98. The molecule has 0 aromatic carbocycles. The Kier molecular flexibility index (Phi) is 4.22. The van der Waals surface area contributed by atoms with Crippen LogP contribution in [0.1, 0.15) is 36.0 Å². The van der Waals surface area contributed by atoms with Crippen molar-refractivity contribution in [1.82, 2.24) is 14.8 Å². The molecule has 1 aromatic rings. The Labute approximate surface area is 124 Å². The molecule has 1 aromatic heterocycles. The number of amides is 1. The zero-order valence-corrected chi connectivity index (χ0v) is 12.4. The van der Waals surface area contributed by atoms with E-state index in [1.54, 1.807) is 18.3 Å². The Morgan fingerprint density at radius 2 is 2.05 bits per heavy atom.